The van der Waals surface area contributed by atoms with Crippen molar-refractivity contribution in [1.29, 1.82) is 0 Å². The number of nitrogens with zero attached hydrogens (tertiary/aromatic N) is 3. The highest BCUT2D eigenvalue weighted by Crippen LogP contribution is 2.24. The number of primary amides is 1. The van der Waals surface area contributed by atoms with E-state index in [0.717, 1.165) is 0 Å². The lowest BCUT2D eigenvalue weighted by Gasteiger charge is -2.33. The van der Waals surface area contributed by atoms with Crippen LogP contribution in [0.1, 0.15) is 22.8 Å². The molecule has 2 heterocycles. The van der Waals surface area contributed by atoms with Gasteiger partial charge >= 0.3 is 0 Å². The highest BCUT2D eigenvalue weighted by Gasteiger charge is 2.30. The summed E-state index contributed by atoms with van der Waals surface area (Å²) in [6, 6.07) is 7.75. The average molecular weight is 272 g/mol. The van der Waals surface area contributed by atoms with Crippen LogP contribution in [-0.2, 0) is 24.3 Å². The molecule has 1 aromatic heterocycles. The highest BCUT2D eigenvalue weighted by molar-refractivity contribution is 5.80. The maximum atomic E-state index is 11.7. The molecule has 0 radical (unpaired) electrons. The Morgan fingerprint density at radius 3 is 2.85 bits per heavy atom. The molecule has 1 unspecified atom stereocenters. The largest absolute Gasteiger partial charge is 0.368 e. The van der Waals surface area contributed by atoms with Gasteiger partial charge in [-0.05, 0) is 24.5 Å². The number of fused-ring (bicyclic) bond motifs is 1. The van der Waals surface area contributed by atoms with E-state index in [1.165, 1.54) is 11.1 Å². The Kier molecular flexibility index (Phi) is 3.23. The number of rotatable bonds is 3. The third-order valence-corrected chi connectivity index (χ3v) is 3.58. The van der Waals surface area contributed by atoms with Crippen molar-refractivity contribution in [1.82, 2.24) is 15.0 Å². The number of aromatic nitrogens is 2. The van der Waals surface area contributed by atoms with Crippen molar-refractivity contribution >= 4 is 5.91 Å². The van der Waals surface area contributed by atoms with Gasteiger partial charge in [0.2, 0.25) is 11.8 Å². The zero-order valence-electron chi connectivity index (χ0n) is 11.2. The SMILES string of the molecule is Cc1noc(CN2Cc3ccccc3CC2C(N)=O)n1. The monoisotopic (exact) mass is 272 g/mol. The van der Waals surface area contributed by atoms with Gasteiger partial charge in [-0.1, -0.05) is 29.4 Å². The first-order valence-corrected chi connectivity index (χ1v) is 6.53. The Labute approximate surface area is 116 Å². The molecule has 0 spiro atoms. The maximum absolute atomic E-state index is 11.7. The highest BCUT2D eigenvalue weighted by atomic mass is 16.5. The van der Waals surface area contributed by atoms with Crippen LogP contribution in [0.3, 0.4) is 0 Å². The number of amides is 1. The normalized spacial score (nSPS) is 18.8. The van der Waals surface area contributed by atoms with E-state index < -0.39 is 0 Å². The van der Waals surface area contributed by atoms with Crippen LogP contribution in [0.2, 0.25) is 0 Å². The minimum absolute atomic E-state index is 0.323. The number of hydrogen-bond donors (Lipinski definition) is 1. The zero-order valence-corrected chi connectivity index (χ0v) is 11.2. The van der Waals surface area contributed by atoms with Crippen LogP contribution in [0, 0.1) is 6.92 Å². The summed E-state index contributed by atoms with van der Waals surface area (Å²) in [5, 5.41) is 3.77. The Balaban J connectivity index is 1.86. The van der Waals surface area contributed by atoms with Crippen LogP contribution in [0.15, 0.2) is 28.8 Å². The lowest BCUT2D eigenvalue weighted by molar-refractivity contribution is -0.124. The molecule has 1 aliphatic heterocycles. The Morgan fingerprint density at radius 1 is 1.45 bits per heavy atom. The minimum atomic E-state index is -0.336. The van der Waals surface area contributed by atoms with E-state index in [1.807, 2.05) is 23.1 Å². The summed E-state index contributed by atoms with van der Waals surface area (Å²) < 4.78 is 5.13. The van der Waals surface area contributed by atoms with Crippen LogP contribution in [-0.4, -0.2) is 27.0 Å². The maximum Gasteiger partial charge on any atom is 0.240 e. The molecule has 1 aromatic carbocycles. The summed E-state index contributed by atoms with van der Waals surface area (Å²) in [5.74, 6) is 0.775. The number of carbonyl (C=O) groups is 1. The predicted octanol–water partition coefficient (Wildman–Crippen LogP) is 0.790. The van der Waals surface area contributed by atoms with Gasteiger partial charge < -0.3 is 10.3 Å². The second-order valence-corrected chi connectivity index (χ2v) is 5.03. The first kappa shape index (κ1) is 12.8. The quantitative estimate of drug-likeness (QED) is 0.892. The number of nitrogens with two attached hydrogens (primary N) is 1. The molecule has 1 aliphatic rings. The second kappa shape index (κ2) is 5.05. The van der Waals surface area contributed by atoms with E-state index >= 15 is 0 Å². The summed E-state index contributed by atoms with van der Waals surface area (Å²) in [6.45, 7) is 2.86. The summed E-state index contributed by atoms with van der Waals surface area (Å²) >= 11 is 0. The molecular formula is C14H16N4O2. The summed E-state index contributed by atoms with van der Waals surface area (Å²) in [7, 11) is 0. The van der Waals surface area contributed by atoms with Crippen molar-refractivity contribution in [3.63, 3.8) is 0 Å². The Hall–Kier alpha value is -2.21. The molecule has 3 rings (SSSR count). The molecule has 0 fully saturated rings. The fraction of sp³-hybridized carbons (Fsp3) is 0.357. The number of carbonyl (C=O) groups excluding carboxylic acids is 1. The molecule has 1 amide bonds. The summed E-state index contributed by atoms with van der Waals surface area (Å²) in [5.41, 5.74) is 7.91. The van der Waals surface area contributed by atoms with E-state index in [4.69, 9.17) is 10.3 Å². The standard InChI is InChI=1S/C14H16N4O2/c1-9-16-13(20-17-9)8-18-7-11-5-3-2-4-10(11)6-12(18)14(15)19/h2-5,12H,6-8H2,1H3,(H2,15,19). The van der Waals surface area contributed by atoms with E-state index in [9.17, 15) is 4.79 Å². The molecule has 6 heteroatoms. The van der Waals surface area contributed by atoms with Crippen molar-refractivity contribution in [2.45, 2.75) is 32.5 Å². The van der Waals surface area contributed by atoms with Gasteiger partial charge in [0.15, 0.2) is 5.82 Å². The molecule has 2 aromatic rings. The Bertz CT molecular complexity index is 638. The summed E-state index contributed by atoms with van der Waals surface area (Å²) in [6.07, 6.45) is 0.624. The van der Waals surface area contributed by atoms with E-state index in [1.54, 1.807) is 6.92 Å². The van der Waals surface area contributed by atoms with Gasteiger partial charge in [-0.3, -0.25) is 9.69 Å². The van der Waals surface area contributed by atoms with Crippen molar-refractivity contribution in [3.05, 3.63) is 47.1 Å². The number of benzene rings is 1. The molecular weight excluding hydrogens is 256 g/mol. The van der Waals surface area contributed by atoms with Crippen LogP contribution >= 0.6 is 0 Å². The zero-order chi connectivity index (χ0) is 14.1. The van der Waals surface area contributed by atoms with Gasteiger partial charge in [-0.15, -0.1) is 0 Å². The number of aryl methyl sites for hydroxylation is 1. The van der Waals surface area contributed by atoms with Gasteiger partial charge in [-0.25, -0.2) is 0 Å². The fourth-order valence-corrected chi connectivity index (χ4v) is 2.60. The van der Waals surface area contributed by atoms with E-state index in [2.05, 4.69) is 16.2 Å². The lowest BCUT2D eigenvalue weighted by atomic mass is 9.93. The van der Waals surface area contributed by atoms with Gasteiger partial charge in [0, 0.05) is 6.54 Å². The Morgan fingerprint density at radius 2 is 2.20 bits per heavy atom. The van der Waals surface area contributed by atoms with Crippen LogP contribution < -0.4 is 5.73 Å². The topological polar surface area (TPSA) is 85.3 Å². The molecule has 2 N–H and O–H groups in total. The fourth-order valence-electron chi connectivity index (χ4n) is 2.60. The molecule has 0 aliphatic carbocycles. The molecule has 1 atom stereocenters. The molecule has 0 saturated heterocycles. The first-order valence-electron chi connectivity index (χ1n) is 6.53. The smallest absolute Gasteiger partial charge is 0.240 e. The van der Waals surface area contributed by atoms with Gasteiger partial charge in [0.1, 0.15) is 0 Å². The molecule has 104 valence electrons. The third kappa shape index (κ3) is 2.42. The van der Waals surface area contributed by atoms with Gasteiger partial charge in [-0.2, -0.15) is 4.98 Å². The average Bonchev–Trinajstić information content (AvgIpc) is 2.83. The van der Waals surface area contributed by atoms with Crippen LogP contribution in [0.25, 0.3) is 0 Å². The van der Waals surface area contributed by atoms with Crippen molar-refractivity contribution < 1.29 is 9.32 Å². The lowest BCUT2D eigenvalue weighted by Crippen LogP contribution is -2.48. The predicted molar refractivity (Wildman–Crippen MR) is 71.4 cm³/mol. The molecule has 20 heavy (non-hydrogen) atoms. The van der Waals surface area contributed by atoms with Crippen LogP contribution in [0.5, 0.6) is 0 Å². The molecule has 0 bridgehead atoms. The molecule has 0 saturated carbocycles. The summed E-state index contributed by atoms with van der Waals surface area (Å²) in [4.78, 5) is 17.9. The van der Waals surface area contributed by atoms with Gasteiger partial charge in [0.25, 0.3) is 0 Å². The third-order valence-electron chi connectivity index (χ3n) is 3.58. The van der Waals surface area contributed by atoms with Crippen LogP contribution in [0.4, 0.5) is 0 Å². The van der Waals surface area contributed by atoms with Crippen molar-refractivity contribution in [3.8, 4) is 0 Å². The van der Waals surface area contributed by atoms with E-state index in [0.29, 0.717) is 31.2 Å². The number of hydrogen-bond acceptors (Lipinski definition) is 5. The second-order valence-electron chi connectivity index (χ2n) is 5.03. The van der Waals surface area contributed by atoms with Crippen molar-refractivity contribution in [2.24, 2.45) is 5.73 Å². The molecule has 6 nitrogen and oxygen atoms in total. The first-order chi connectivity index (χ1) is 9.63. The minimum Gasteiger partial charge on any atom is -0.368 e. The van der Waals surface area contributed by atoms with Crippen molar-refractivity contribution in [2.75, 3.05) is 0 Å². The van der Waals surface area contributed by atoms with Gasteiger partial charge in [0.05, 0.1) is 12.6 Å². The van der Waals surface area contributed by atoms with E-state index in [-0.39, 0.29) is 11.9 Å².